The van der Waals surface area contributed by atoms with Crippen molar-refractivity contribution in [3.63, 3.8) is 0 Å². The summed E-state index contributed by atoms with van der Waals surface area (Å²) in [5, 5.41) is 11.2. The SMILES string of the molecule is [O-][n+]1ccc(OC2CCC3(CCCCC3)CC2)c(Br)c1. The zero-order chi connectivity index (χ0) is 14.0. The lowest BCUT2D eigenvalue weighted by Gasteiger charge is -2.42. The van der Waals surface area contributed by atoms with E-state index in [-0.39, 0.29) is 0 Å². The highest BCUT2D eigenvalue weighted by Crippen LogP contribution is 2.48. The van der Waals surface area contributed by atoms with E-state index in [9.17, 15) is 5.21 Å². The van der Waals surface area contributed by atoms with Crippen LogP contribution in [-0.4, -0.2) is 6.10 Å². The Morgan fingerprint density at radius 3 is 2.50 bits per heavy atom. The normalized spacial score (nSPS) is 22.9. The Kier molecular flexibility index (Phi) is 4.20. The molecule has 110 valence electrons. The van der Waals surface area contributed by atoms with Gasteiger partial charge in [0.2, 0.25) is 0 Å². The van der Waals surface area contributed by atoms with E-state index < -0.39 is 0 Å². The van der Waals surface area contributed by atoms with Crippen LogP contribution >= 0.6 is 15.9 Å². The smallest absolute Gasteiger partial charge is 0.198 e. The zero-order valence-corrected chi connectivity index (χ0v) is 13.4. The lowest BCUT2D eigenvalue weighted by molar-refractivity contribution is -0.606. The summed E-state index contributed by atoms with van der Waals surface area (Å²) in [6, 6.07) is 1.75. The van der Waals surface area contributed by atoms with Crippen LogP contribution in [0.25, 0.3) is 0 Å². The number of hydrogen-bond acceptors (Lipinski definition) is 2. The summed E-state index contributed by atoms with van der Waals surface area (Å²) < 4.78 is 7.61. The average molecular weight is 340 g/mol. The molecule has 0 N–H and O–H groups in total. The van der Waals surface area contributed by atoms with Crippen molar-refractivity contribution in [3.8, 4) is 5.75 Å². The van der Waals surface area contributed by atoms with E-state index in [2.05, 4.69) is 15.9 Å². The Morgan fingerprint density at radius 2 is 1.85 bits per heavy atom. The van der Waals surface area contributed by atoms with Crippen LogP contribution in [0.2, 0.25) is 0 Å². The highest BCUT2D eigenvalue weighted by Gasteiger charge is 2.36. The fourth-order valence-electron chi connectivity index (χ4n) is 3.84. The monoisotopic (exact) mass is 339 g/mol. The third kappa shape index (κ3) is 3.11. The van der Waals surface area contributed by atoms with Gasteiger partial charge in [0.25, 0.3) is 0 Å². The standard InChI is InChI=1S/C16H22BrNO2/c17-14-12-18(19)11-6-15(14)20-13-4-9-16(10-5-13)7-2-1-3-8-16/h6,11-13H,1-5,7-10H2. The Morgan fingerprint density at radius 1 is 1.15 bits per heavy atom. The molecule has 2 aliphatic rings. The molecule has 1 spiro atoms. The molecular weight excluding hydrogens is 318 g/mol. The zero-order valence-electron chi connectivity index (χ0n) is 11.8. The van der Waals surface area contributed by atoms with Gasteiger partial charge in [-0.2, -0.15) is 4.73 Å². The van der Waals surface area contributed by atoms with Gasteiger partial charge in [-0.3, -0.25) is 0 Å². The second-order valence-electron chi connectivity index (χ2n) is 6.39. The lowest BCUT2D eigenvalue weighted by atomic mass is 9.65. The Bertz CT molecular complexity index is 462. The molecule has 0 atom stereocenters. The first-order chi connectivity index (χ1) is 9.67. The van der Waals surface area contributed by atoms with E-state index in [1.807, 2.05) is 0 Å². The molecule has 3 rings (SSSR count). The maximum absolute atomic E-state index is 11.2. The first kappa shape index (κ1) is 14.2. The van der Waals surface area contributed by atoms with Crippen molar-refractivity contribution in [3.05, 3.63) is 28.1 Å². The third-order valence-corrected chi connectivity index (χ3v) is 5.65. The summed E-state index contributed by atoms with van der Waals surface area (Å²) in [5.41, 5.74) is 0.629. The van der Waals surface area contributed by atoms with Crippen molar-refractivity contribution >= 4 is 15.9 Å². The molecule has 0 aliphatic heterocycles. The van der Waals surface area contributed by atoms with E-state index in [4.69, 9.17) is 4.74 Å². The number of hydrogen-bond donors (Lipinski definition) is 0. The summed E-state index contributed by atoms with van der Waals surface area (Å²) in [6.45, 7) is 0. The molecule has 0 amide bonds. The number of rotatable bonds is 2. The number of pyridine rings is 1. The van der Waals surface area contributed by atoms with Crippen LogP contribution in [-0.2, 0) is 0 Å². The van der Waals surface area contributed by atoms with Crippen molar-refractivity contribution in [1.29, 1.82) is 0 Å². The summed E-state index contributed by atoms with van der Waals surface area (Å²) in [4.78, 5) is 0. The molecule has 1 aromatic rings. The molecule has 0 aromatic carbocycles. The second-order valence-corrected chi connectivity index (χ2v) is 7.25. The summed E-state index contributed by atoms with van der Waals surface area (Å²) in [5.74, 6) is 0.793. The molecule has 0 unspecified atom stereocenters. The van der Waals surface area contributed by atoms with Crippen molar-refractivity contribution in [2.24, 2.45) is 5.41 Å². The molecular formula is C16H22BrNO2. The largest absolute Gasteiger partial charge is 0.619 e. The molecule has 3 nitrogen and oxygen atoms in total. The predicted octanol–water partition coefficient (Wildman–Crippen LogP) is 4.35. The molecule has 2 saturated carbocycles. The van der Waals surface area contributed by atoms with E-state index in [0.717, 1.165) is 27.8 Å². The van der Waals surface area contributed by atoms with Crippen LogP contribution in [0, 0.1) is 10.6 Å². The van der Waals surface area contributed by atoms with E-state index in [1.54, 1.807) is 6.07 Å². The number of nitrogens with zero attached hydrogens (tertiary/aromatic N) is 1. The van der Waals surface area contributed by atoms with Gasteiger partial charge in [-0.1, -0.05) is 19.3 Å². The topological polar surface area (TPSA) is 36.2 Å². The number of aromatic nitrogens is 1. The van der Waals surface area contributed by atoms with Crippen molar-refractivity contribution < 1.29 is 9.47 Å². The highest BCUT2D eigenvalue weighted by molar-refractivity contribution is 9.10. The van der Waals surface area contributed by atoms with Crippen LogP contribution in [0.1, 0.15) is 57.8 Å². The molecule has 0 saturated heterocycles. The van der Waals surface area contributed by atoms with E-state index in [1.165, 1.54) is 57.3 Å². The number of halogens is 1. The first-order valence-electron chi connectivity index (χ1n) is 7.72. The fraction of sp³-hybridized carbons (Fsp3) is 0.688. The highest BCUT2D eigenvalue weighted by atomic mass is 79.9. The van der Waals surface area contributed by atoms with Crippen molar-refractivity contribution in [2.75, 3.05) is 0 Å². The molecule has 1 aromatic heterocycles. The Labute approximate surface area is 129 Å². The lowest BCUT2D eigenvalue weighted by Crippen LogP contribution is -2.34. The van der Waals surface area contributed by atoms with Crippen LogP contribution in [0.3, 0.4) is 0 Å². The van der Waals surface area contributed by atoms with Gasteiger partial charge in [0.15, 0.2) is 12.4 Å². The van der Waals surface area contributed by atoms with Gasteiger partial charge in [-0.25, -0.2) is 0 Å². The maximum atomic E-state index is 11.2. The molecule has 1 heterocycles. The van der Waals surface area contributed by atoms with E-state index in [0.29, 0.717) is 11.5 Å². The molecule has 4 heteroatoms. The van der Waals surface area contributed by atoms with Gasteiger partial charge in [0, 0.05) is 6.07 Å². The molecule has 2 fully saturated rings. The average Bonchev–Trinajstić information content (AvgIpc) is 2.45. The molecule has 0 bridgehead atoms. The Hall–Kier alpha value is -0.770. The van der Waals surface area contributed by atoms with Gasteiger partial charge >= 0.3 is 0 Å². The minimum atomic E-state index is 0.307. The predicted molar refractivity (Wildman–Crippen MR) is 81.5 cm³/mol. The maximum Gasteiger partial charge on any atom is 0.198 e. The van der Waals surface area contributed by atoms with Crippen molar-refractivity contribution in [2.45, 2.75) is 63.9 Å². The molecule has 2 aliphatic carbocycles. The molecule has 0 radical (unpaired) electrons. The molecule has 20 heavy (non-hydrogen) atoms. The van der Waals surface area contributed by atoms with Gasteiger partial charge in [0.1, 0.15) is 10.2 Å². The fourth-order valence-corrected chi connectivity index (χ4v) is 4.27. The van der Waals surface area contributed by atoms with Crippen LogP contribution < -0.4 is 9.47 Å². The van der Waals surface area contributed by atoms with Gasteiger partial charge in [-0.05, 0) is 59.9 Å². The van der Waals surface area contributed by atoms with E-state index >= 15 is 0 Å². The first-order valence-corrected chi connectivity index (χ1v) is 8.51. The third-order valence-electron chi connectivity index (χ3n) is 5.05. The summed E-state index contributed by atoms with van der Waals surface area (Å²) in [6.07, 6.45) is 15.3. The summed E-state index contributed by atoms with van der Waals surface area (Å²) in [7, 11) is 0. The van der Waals surface area contributed by atoms with Crippen molar-refractivity contribution in [1.82, 2.24) is 0 Å². The van der Waals surface area contributed by atoms with Crippen LogP contribution in [0.15, 0.2) is 22.9 Å². The van der Waals surface area contributed by atoms with Gasteiger partial charge in [0.05, 0.1) is 6.10 Å². The minimum absolute atomic E-state index is 0.307. The second kappa shape index (κ2) is 5.92. The van der Waals surface area contributed by atoms with Crippen LogP contribution in [0.4, 0.5) is 0 Å². The van der Waals surface area contributed by atoms with Crippen LogP contribution in [0.5, 0.6) is 5.75 Å². The summed E-state index contributed by atoms with van der Waals surface area (Å²) >= 11 is 3.40. The minimum Gasteiger partial charge on any atom is -0.619 e. The quantitative estimate of drug-likeness (QED) is 0.593. The van der Waals surface area contributed by atoms with Gasteiger partial charge in [-0.15, -0.1) is 0 Å². The Balaban J connectivity index is 1.58. The van der Waals surface area contributed by atoms with Gasteiger partial charge < -0.3 is 9.94 Å². The number of ether oxygens (including phenoxy) is 1.